The molecule has 0 aliphatic heterocycles. The maximum atomic E-state index is 5.98. The number of halogens is 1. The molecule has 3 heteroatoms. The summed E-state index contributed by atoms with van der Waals surface area (Å²) in [7, 11) is 2.10. The Morgan fingerprint density at radius 1 is 1.06 bits per heavy atom. The van der Waals surface area contributed by atoms with Gasteiger partial charge in [-0.3, -0.25) is 4.90 Å². The third-order valence-electron chi connectivity index (χ3n) is 2.84. The van der Waals surface area contributed by atoms with Crippen molar-refractivity contribution in [3.05, 3.63) is 64.1 Å². The fourth-order valence-electron chi connectivity index (χ4n) is 1.95. The largest absolute Gasteiger partial charge is 0.398 e. The molecule has 18 heavy (non-hydrogen) atoms. The number of benzene rings is 2. The normalized spacial score (nSPS) is 10.8. The Hall–Kier alpha value is -1.32. The molecular weight excluding hydrogens is 288 g/mol. The van der Waals surface area contributed by atoms with Gasteiger partial charge in [-0.1, -0.05) is 46.3 Å². The lowest BCUT2D eigenvalue weighted by molar-refractivity contribution is 0.319. The van der Waals surface area contributed by atoms with Gasteiger partial charge in [-0.05, 0) is 36.4 Å². The highest BCUT2D eigenvalue weighted by molar-refractivity contribution is 9.10. The highest BCUT2D eigenvalue weighted by Gasteiger charge is 2.05. The maximum absolute atomic E-state index is 5.98. The molecule has 0 fully saturated rings. The molecule has 0 saturated heterocycles. The maximum Gasteiger partial charge on any atom is 0.0360 e. The van der Waals surface area contributed by atoms with E-state index in [0.29, 0.717) is 0 Å². The van der Waals surface area contributed by atoms with Crippen LogP contribution in [0, 0.1) is 0 Å². The quantitative estimate of drug-likeness (QED) is 0.873. The monoisotopic (exact) mass is 304 g/mol. The number of hydrogen-bond donors (Lipinski definition) is 1. The average molecular weight is 305 g/mol. The third kappa shape index (κ3) is 3.59. The molecule has 0 heterocycles. The minimum atomic E-state index is 0.845. The molecule has 0 atom stereocenters. The molecule has 0 aromatic heterocycles. The smallest absolute Gasteiger partial charge is 0.0360 e. The summed E-state index contributed by atoms with van der Waals surface area (Å²) in [5.74, 6) is 0. The van der Waals surface area contributed by atoms with Gasteiger partial charge in [0.25, 0.3) is 0 Å². The van der Waals surface area contributed by atoms with E-state index < -0.39 is 0 Å². The molecule has 2 N–H and O–H groups in total. The third-order valence-corrected chi connectivity index (χ3v) is 3.33. The van der Waals surface area contributed by atoms with Crippen molar-refractivity contribution in [2.45, 2.75) is 13.1 Å². The number of hydrogen-bond acceptors (Lipinski definition) is 2. The molecule has 94 valence electrons. The van der Waals surface area contributed by atoms with Crippen LogP contribution in [0.1, 0.15) is 11.1 Å². The standard InChI is InChI=1S/C15H17BrN2/c1-18(10-12-5-3-2-4-6-12)11-13-9-14(16)7-8-15(13)17/h2-9H,10-11,17H2,1H3. The fourth-order valence-corrected chi connectivity index (χ4v) is 2.36. The predicted octanol–water partition coefficient (Wildman–Crippen LogP) is 3.66. The Morgan fingerprint density at radius 2 is 1.78 bits per heavy atom. The minimum absolute atomic E-state index is 0.845. The lowest BCUT2D eigenvalue weighted by atomic mass is 10.1. The van der Waals surface area contributed by atoms with Crippen molar-refractivity contribution in [2.24, 2.45) is 0 Å². The first-order chi connectivity index (χ1) is 8.65. The van der Waals surface area contributed by atoms with Crippen LogP contribution in [0.15, 0.2) is 53.0 Å². The zero-order valence-electron chi connectivity index (χ0n) is 10.4. The molecule has 0 saturated carbocycles. The number of nitrogens with zero attached hydrogens (tertiary/aromatic N) is 1. The van der Waals surface area contributed by atoms with E-state index in [1.165, 1.54) is 5.56 Å². The van der Waals surface area contributed by atoms with Crippen LogP contribution in [0.25, 0.3) is 0 Å². The fraction of sp³-hybridized carbons (Fsp3) is 0.200. The van der Waals surface area contributed by atoms with E-state index in [1.807, 2.05) is 18.2 Å². The summed E-state index contributed by atoms with van der Waals surface area (Å²) < 4.78 is 1.07. The van der Waals surface area contributed by atoms with E-state index in [-0.39, 0.29) is 0 Å². The van der Waals surface area contributed by atoms with Gasteiger partial charge < -0.3 is 5.73 Å². The van der Waals surface area contributed by atoms with Gasteiger partial charge in [-0.25, -0.2) is 0 Å². The summed E-state index contributed by atoms with van der Waals surface area (Å²) in [5.41, 5.74) is 9.30. The van der Waals surface area contributed by atoms with Gasteiger partial charge in [0.05, 0.1) is 0 Å². The molecule has 2 rings (SSSR count). The molecule has 0 aliphatic carbocycles. The van der Waals surface area contributed by atoms with E-state index in [9.17, 15) is 0 Å². The molecule has 2 nitrogen and oxygen atoms in total. The molecule has 0 radical (unpaired) electrons. The van der Waals surface area contributed by atoms with Gasteiger partial charge in [0.1, 0.15) is 0 Å². The van der Waals surface area contributed by atoms with Crippen LogP contribution in [0.2, 0.25) is 0 Å². The van der Waals surface area contributed by atoms with Crippen molar-refractivity contribution in [2.75, 3.05) is 12.8 Å². The highest BCUT2D eigenvalue weighted by atomic mass is 79.9. The first-order valence-corrected chi connectivity index (χ1v) is 6.71. The van der Waals surface area contributed by atoms with Crippen LogP contribution in [-0.2, 0) is 13.1 Å². The summed E-state index contributed by atoms with van der Waals surface area (Å²) in [4.78, 5) is 2.26. The zero-order valence-corrected chi connectivity index (χ0v) is 12.0. The first-order valence-electron chi connectivity index (χ1n) is 5.91. The van der Waals surface area contributed by atoms with Crippen LogP contribution in [0.3, 0.4) is 0 Å². The topological polar surface area (TPSA) is 29.3 Å². The van der Waals surface area contributed by atoms with E-state index in [0.717, 1.165) is 28.8 Å². The number of nitrogens with two attached hydrogens (primary N) is 1. The Kier molecular flexibility index (Phi) is 4.39. The lowest BCUT2D eigenvalue weighted by Gasteiger charge is -2.18. The molecule has 0 bridgehead atoms. The second-order valence-electron chi connectivity index (χ2n) is 4.50. The van der Waals surface area contributed by atoms with Crippen LogP contribution in [0.4, 0.5) is 5.69 Å². The first kappa shape index (κ1) is 13.1. The summed E-state index contributed by atoms with van der Waals surface area (Å²) in [6.45, 7) is 1.77. The molecule has 0 unspecified atom stereocenters. The second kappa shape index (κ2) is 6.03. The van der Waals surface area contributed by atoms with Gasteiger partial charge in [-0.15, -0.1) is 0 Å². The van der Waals surface area contributed by atoms with Gasteiger partial charge >= 0.3 is 0 Å². The van der Waals surface area contributed by atoms with Crippen LogP contribution in [0.5, 0.6) is 0 Å². The summed E-state index contributed by atoms with van der Waals surface area (Å²) >= 11 is 3.48. The zero-order chi connectivity index (χ0) is 13.0. The van der Waals surface area contributed by atoms with Gasteiger partial charge in [0.15, 0.2) is 0 Å². The van der Waals surface area contributed by atoms with Crippen molar-refractivity contribution in [3.8, 4) is 0 Å². The molecule has 2 aromatic carbocycles. The highest BCUT2D eigenvalue weighted by Crippen LogP contribution is 2.20. The Labute approximate surface area is 117 Å². The van der Waals surface area contributed by atoms with Gasteiger partial charge in [-0.2, -0.15) is 0 Å². The van der Waals surface area contributed by atoms with E-state index in [4.69, 9.17) is 5.73 Å². The number of rotatable bonds is 4. The molecule has 0 amide bonds. The predicted molar refractivity (Wildman–Crippen MR) is 80.2 cm³/mol. The Morgan fingerprint density at radius 3 is 2.50 bits per heavy atom. The van der Waals surface area contributed by atoms with Crippen molar-refractivity contribution >= 4 is 21.6 Å². The second-order valence-corrected chi connectivity index (χ2v) is 5.42. The van der Waals surface area contributed by atoms with E-state index in [1.54, 1.807) is 0 Å². The van der Waals surface area contributed by atoms with Gasteiger partial charge in [0.2, 0.25) is 0 Å². The van der Waals surface area contributed by atoms with E-state index >= 15 is 0 Å². The van der Waals surface area contributed by atoms with E-state index in [2.05, 4.69) is 58.2 Å². The van der Waals surface area contributed by atoms with Crippen molar-refractivity contribution in [3.63, 3.8) is 0 Å². The van der Waals surface area contributed by atoms with Crippen LogP contribution in [-0.4, -0.2) is 11.9 Å². The molecule has 2 aromatic rings. The average Bonchev–Trinajstić information content (AvgIpc) is 2.35. The SMILES string of the molecule is CN(Cc1ccccc1)Cc1cc(Br)ccc1N. The summed E-state index contributed by atoms with van der Waals surface area (Å²) in [5, 5.41) is 0. The molecule has 0 spiro atoms. The molecule has 0 aliphatic rings. The Bertz CT molecular complexity index is 511. The Balaban J connectivity index is 2.03. The van der Waals surface area contributed by atoms with Crippen molar-refractivity contribution < 1.29 is 0 Å². The lowest BCUT2D eigenvalue weighted by Crippen LogP contribution is -2.18. The summed E-state index contributed by atoms with van der Waals surface area (Å²) in [6.07, 6.45) is 0. The minimum Gasteiger partial charge on any atom is -0.398 e. The van der Waals surface area contributed by atoms with Gasteiger partial charge in [0, 0.05) is 23.2 Å². The van der Waals surface area contributed by atoms with Crippen molar-refractivity contribution in [1.29, 1.82) is 0 Å². The van der Waals surface area contributed by atoms with Crippen molar-refractivity contribution in [1.82, 2.24) is 4.90 Å². The number of nitrogen functional groups attached to an aromatic ring is 1. The van der Waals surface area contributed by atoms with Crippen LogP contribution < -0.4 is 5.73 Å². The number of anilines is 1. The van der Waals surface area contributed by atoms with Crippen LogP contribution >= 0.6 is 15.9 Å². The molecular formula is C15H17BrN2. The summed E-state index contributed by atoms with van der Waals surface area (Å²) in [6, 6.07) is 16.4.